The molecule has 1 unspecified atom stereocenters. The number of aliphatic hydroxyl groups excluding tert-OH is 1. The third-order valence-corrected chi connectivity index (χ3v) is 7.54. The zero-order valence-electron chi connectivity index (χ0n) is 19.8. The molecule has 2 aliphatic carbocycles. The van der Waals surface area contributed by atoms with Crippen LogP contribution in [-0.4, -0.2) is 74.6 Å². The number of phenols is 2. The van der Waals surface area contributed by atoms with E-state index in [1.54, 1.807) is 6.92 Å². The number of aromatic hydroxyl groups is 2. The molecule has 3 aliphatic rings. The number of hydrogen-bond acceptors (Lipinski definition) is 10. The first-order valence-corrected chi connectivity index (χ1v) is 11.9. The van der Waals surface area contributed by atoms with Crippen molar-refractivity contribution in [2.24, 2.45) is 5.73 Å². The molecule has 6 atom stereocenters. The average Bonchev–Trinajstić information content (AvgIpc) is 2.88. The molecule has 1 aliphatic heterocycles. The highest BCUT2D eigenvalue weighted by Crippen LogP contribution is 2.52. The summed E-state index contributed by atoms with van der Waals surface area (Å²) in [5.41, 5.74) is 1.29. The Kier molecular flexibility index (Phi) is 6.16. The Morgan fingerprint density at radius 1 is 1.14 bits per heavy atom. The molecule has 1 fully saturated rings. The number of alkyl halides is 1. The predicted octanol–water partition coefficient (Wildman–Crippen LogP) is 0.970. The highest BCUT2D eigenvalue weighted by molar-refractivity contribution is 6.30. The number of nitrogens with two attached hydrogens (primary N) is 1. The van der Waals surface area contributed by atoms with Gasteiger partial charge in [-0.15, -0.1) is 0 Å². The molecule has 2 aromatic rings. The fraction of sp³-hybridized carbons (Fsp3) is 0.423. The van der Waals surface area contributed by atoms with E-state index in [1.165, 1.54) is 24.3 Å². The van der Waals surface area contributed by atoms with Crippen molar-refractivity contribution < 1.29 is 48.7 Å². The van der Waals surface area contributed by atoms with E-state index in [4.69, 9.17) is 15.2 Å². The van der Waals surface area contributed by atoms with E-state index in [9.17, 15) is 34.8 Å². The Labute approximate surface area is 210 Å². The Hall–Kier alpha value is -3.22. The second-order valence-electron chi connectivity index (χ2n) is 9.70. The lowest BCUT2D eigenvalue weighted by atomic mass is 9.71. The molecule has 0 bridgehead atoms. The highest BCUT2D eigenvalue weighted by Gasteiger charge is 2.56. The minimum atomic E-state index is -2.86. The molecule has 1 heterocycles. The molecule has 10 nitrogen and oxygen atoms in total. The molecule has 0 radical (unpaired) electrons. The van der Waals surface area contributed by atoms with Crippen LogP contribution in [0.25, 0.3) is 0 Å². The van der Waals surface area contributed by atoms with Crippen LogP contribution >= 0.6 is 0 Å². The first-order valence-electron chi connectivity index (χ1n) is 11.9. The molecule has 196 valence electrons. The van der Waals surface area contributed by atoms with E-state index in [0.717, 1.165) is 0 Å². The monoisotopic (exact) mass is 515 g/mol. The molecule has 5 rings (SSSR count). The summed E-state index contributed by atoms with van der Waals surface area (Å²) in [4.78, 5) is 39.1. The fourth-order valence-electron chi connectivity index (χ4n) is 5.39. The number of hydrogen-bond donors (Lipinski definition) is 5. The van der Waals surface area contributed by atoms with Gasteiger partial charge in [-0.05, 0) is 19.8 Å². The molecule has 0 saturated carbocycles. The summed E-state index contributed by atoms with van der Waals surface area (Å²) >= 11 is 0. The molecule has 0 amide bonds. The van der Waals surface area contributed by atoms with Crippen molar-refractivity contribution in [1.29, 1.82) is 0 Å². The van der Waals surface area contributed by atoms with Gasteiger partial charge in [0.2, 0.25) is 0 Å². The molecule has 2 aromatic carbocycles. The zero-order chi connectivity index (χ0) is 26.8. The lowest BCUT2D eigenvalue weighted by Gasteiger charge is -2.43. The normalized spacial score (nSPS) is 30.9. The van der Waals surface area contributed by atoms with Crippen molar-refractivity contribution in [2.75, 3.05) is 6.61 Å². The smallest absolute Gasteiger partial charge is 0.198 e. The standard InChI is InChI=1S/C26H26FNO9/c1-10-14(28)6-7-16(36-10)37-24-17-13(8-26(35,25(24)27)15(30)9-29)22(33)18-19(23(17)34)21(32)12-5-3-2-4-11(12)20(18)31/h2-5,10,14,16,24-25,29,33-35H,6-9,28H2,1H3/t10-,14+,16-,24+,25?,26+/m0/s1. The summed E-state index contributed by atoms with van der Waals surface area (Å²) in [5, 5.41) is 43.0. The van der Waals surface area contributed by atoms with Gasteiger partial charge in [-0.25, -0.2) is 4.39 Å². The van der Waals surface area contributed by atoms with Crippen molar-refractivity contribution in [3.8, 4) is 11.5 Å². The molecular formula is C26H26FNO9. The maximum Gasteiger partial charge on any atom is 0.198 e. The van der Waals surface area contributed by atoms with Crippen LogP contribution in [0.3, 0.4) is 0 Å². The minimum Gasteiger partial charge on any atom is -0.507 e. The number of rotatable bonds is 4. The summed E-state index contributed by atoms with van der Waals surface area (Å²) in [5.74, 6) is -4.42. The summed E-state index contributed by atoms with van der Waals surface area (Å²) < 4.78 is 27.5. The average molecular weight is 515 g/mol. The van der Waals surface area contributed by atoms with E-state index in [0.29, 0.717) is 6.42 Å². The van der Waals surface area contributed by atoms with Gasteiger partial charge in [-0.1, -0.05) is 24.3 Å². The maximum absolute atomic E-state index is 16.0. The van der Waals surface area contributed by atoms with Gasteiger partial charge >= 0.3 is 0 Å². The van der Waals surface area contributed by atoms with Gasteiger partial charge in [0.15, 0.2) is 35.4 Å². The van der Waals surface area contributed by atoms with Gasteiger partial charge in [-0.3, -0.25) is 14.4 Å². The number of carbonyl (C=O) groups excluding carboxylic acids is 3. The van der Waals surface area contributed by atoms with Crippen LogP contribution in [0.5, 0.6) is 11.5 Å². The second kappa shape index (κ2) is 8.96. The number of ether oxygens (including phenoxy) is 2. The fourth-order valence-corrected chi connectivity index (χ4v) is 5.39. The number of benzene rings is 2. The number of ketones is 3. The van der Waals surface area contributed by atoms with Crippen molar-refractivity contribution in [3.63, 3.8) is 0 Å². The molecule has 37 heavy (non-hydrogen) atoms. The van der Waals surface area contributed by atoms with Crippen LogP contribution < -0.4 is 5.73 Å². The number of phenolic OH excluding ortho intramolecular Hbond substituents is 2. The van der Waals surface area contributed by atoms with Crippen LogP contribution in [0.15, 0.2) is 24.3 Å². The first-order chi connectivity index (χ1) is 17.5. The second-order valence-corrected chi connectivity index (χ2v) is 9.70. The van der Waals surface area contributed by atoms with Gasteiger partial charge in [0.1, 0.15) is 24.2 Å². The number of carbonyl (C=O) groups is 3. The molecule has 1 saturated heterocycles. The van der Waals surface area contributed by atoms with E-state index in [2.05, 4.69) is 0 Å². The number of halogens is 1. The van der Waals surface area contributed by atoms with Crippen LogP contribution in [-0.2, 0) is 20.7 Å². The zero-order valence-corrected chi connectivity index (χ0v) is 19.8. The van der Waals surface area contributed by atoms with Gasteiger partial charge in [0, 0.05) is 34.7 Å². The lowest BCUT2D eigenvalue weighted by molar-refractivity contribution is -0.241. The Balaban J connectivity index is 1.71. The van der Waals surface area contributed by atoms with Crippen LogP contribution in [0.4, 0.5) is 4.39 Å². The van der Waals surface area contributed by atoms with Crippen LogP contribution in [0, 0.1) is 0 Å². The molecule has 0 spiro atoms. The molecule has 6 N–H and O–H groups in total. The predicted molar refractivity (Wildman–Crippen MR) is 124 cm³/mol. The molecular weight excluding hydrogens is 489 g/mol. The van der Waals surface area contributed by atoms with Crippen LogP contribution in [0.2, 0.25) is 0 Å². The maximum atomic E-state index is 16.0. The van der Waals surface area contributed by atoms with E-state index in [-0.39, 0.29) is 34.7 Å². The number of fused-ring (bicyclic) bond motifs is 3. The SMILES string of the molecule is C[C@@H]1O[C@@H](O[C@@H]2c3c(O)c4c(c(O)c3C[C@@](O)(C(=O)CO)C2F)C(=O)c2ccccc2C4=O)CC[C@H]1N. The van der Waals surface area contributed by atoms with Crippen LogP contribution in [0.1, 0.15) is 68.8 Å². The topological polar surface area (TPSA) is 177 Å². The van der Waals surface area contributed by atoms with Crippen molar-refractivity contribution in [2.45, 2.75) is 62.5 Å². The lowest BCUT2D eigenvalue weighted by Crippen LogP contribution is -2.57. The third kappa shape index (κ3) is 3.69. The van der Waals surface area contributed by atoms with Crippen molar-refractivity contribution in [3.05, 3.63) is 57.6 Å². The number of aliphatic hydroxyl groups is 2. The van der Waals surface area contributed by atoms with Gasteiger partial charge < -0.3 is 35.6 Å². The van der Waals surface area contributed by atoms with Gasteiger partial charge in [0.25, 0.3) is 0 Å². The third-order valence-electron chi connectivity index (χ3n) is 7.54. The van der Waals surface area contributed by atoms with Gasteiger partial charge in [0.05, 0.1) is 17.2 Å². The minimum absolute atomic E-state index is 0.00915. The van der Waals surface area contributed by atoms with E-state index in [1.807, 2.05) is 0 Å². The van der Waals surface area contributed by atoms with Crippen molar-refractivity contribution >= 4 is 17.3 Å². The van der Waals surface area contributed by atoms with E-state index < -0.39 is 83.3 Å². The Morgan fingerprint density at radius 3 is 2.30 bits per heavy atom. The van der Waals surface area contributed by atoms with E-state index >= 15 is 4.39 Å². The summed E-state index contributed by atoms with van der Waals surface area (Å²) in [6, 6.07) is 5.52. The highest BCUT2D eigenvalue weighted by atomic mass is 19.1. The summed E-state index contributed by atoms with van der Waals surface area (Å²) in [6.45, 7) is 0.474. The van der Waals surface area contributed by atoms with Gasteiger partial charge in [-0.2, -0.15) is 0 Å². The molecule has 11 heteroatoms. The molecule has 0 aromatic heterocycles. The summed E-state index contributed by atoms with van der Waals surface area (Å²) in [7, 11) is 0. The first kappa shape index (κ1) is 25.4. The largest absolute Gasteiger partial charge is 0.507 e. The Morgan fingerprint density at radius 2 is 1.73 bits per heavy atom. The van der Waals surface area contributed by atoms with Crippen molar-refractivity contribution in [1.82, 2.24) is 0 Å². The Bertz CT molecular complexity index is 1330. The summed E-state index contributed by atoms with van der Waals surface area (Å²) in [6.07, 6.45) is -6.17. The quantitative estimate of drug-likeness (QED) is 0.315. The number of Topliss-reactive ketones (excluding diaryl/α,β-unsaturated/α-hetero) is 1.